The SMILES string of the molecule is CC(=O)c1ccc(OCCCC(=O)Nc2sc3c(c2C(=O)NCc2ccccc2)CCCC3)cc1. The molecule has 0 saturated heterocycles. The van der Waals surface area contributed by atoms with Crippen LogP contribution in [0.3, 0.4) is 0 Å². The maximum absolute atomic E-state index is 13.1. The van der Waals surface area contributed by atoms with Gasteiger partial charge in [0, 0.05) is 23.4 Å². The molecule has 0 radical (unpaired) electrons. The maximum Gasteiger partial charge on any atom is 0.254 e. The van der Waals surface area contributed by atoms with Gasteiger partial charge in [0.15, 0.2) is 5.78 Å². The van der Waals surface area contributed by atoms with E-state index in [1.165, 1.54) is 23.1 Å². The van der Waals surface area contributed by atoms with Gasteiger partial charge in [-0.2, -0.15) is 0 Å². The molecule has 182 valence electrons. The number of anilines is 1. The zero-order valence-electron chi connectivity index (χ0n) is 19.9. The summed E-state index contributed by atoms with van der Waals surface area (Å²) in [6.45, 7) is 2.36. The van der Waals surface area contributed by atoms with E-state index >= 15 is 0 Å². The second kappa shape index (κ2) is 11.8. The molecule has 2 aromatic carbocycles. The van der Waals surface area contributed by atoms with Crippen molar-refractivity contribution in [2.24, 2.45) is 0 Å². The van der Waals surface area contributed by atoms with Gasteiger partial charge < -0.3 is 15.4 Å². The molecule has 3 aromatic rings. The zero-order chi connectivity index (χ0) is 24.6. The van der Waals surface area contributed by atoms with Crippen LogP contribution in [0, 0.1) is 0 Å². The number of ketones is 1. The molecule has 4 rings (SSSR count). The number of thiophene rings is 1. The largest absolute Gasteiger partial charge is 0.494 e. The third kappa shape index (κ3) is 6.57. The van der Waals surface area contributed by atoms with Gasteiger partial charge in [-0.15, -0.1) is 11.3 Å². The second-order valence-corrected chi connectivity index (χ2v) is 9.77. The molecular formula is C28H30N2O4S. The average Bonchev–Trinajstić information content (AvgIpc) is 3.24. The molecule has 0 fully saturated rings. The zero-order valence-corrected chi connectivity index (χ0v) is 20.7. The molecule has 0 atom stereocenters. The fraction of sp³-hybridized carbons (Fsp3) is 0.321. The highest BCUT2D eigenvalue weighted by Crippen LogP contribution is 2.38. The van der Waals surface area contributed by atoms with Gasteiger partial charge in [-0.25, -0.2) is 0 Å². The average molecular weight is 491 g/mol. The summed E-state index contributed by atoms with van der Waals surface area (Å²) in [6.07, 6.45) is 4.81. The Hall–Kier alpha value is -3.45. The van der Waals surface area contributed by atoms with Gasteiger partial charge in [0.2, 0.25) is 5.91 Å². The Morgan fingerprint density at radius 2 is 1.71 bits per heavy atom. The summed E-state index contributed by atoms with van der Waals surface area (Å²) in [7, 11) is 0. The molecule has 1 heterocycles. The highest BCUT2D eigenvalue weighted by atomic mass is 32.1. The van der Waals surface area contributed by atoms with Crippen LogP contribution in [0.1, 0.15) is 69.3 Å². The molecule has 1 aromatic heterocycles. The van der Waals surface area contributed by atoms with Gasteiger partial charge in [-0.05, 0) is 74.4 Å². The molecule has 1 aliphatic rings. The van der Waals surface area contributed by atoms with Crippen LogP contribution in [-0.2, 0) is 24.2 Å². The Labute approximate surface area is 209 Å². The number of carbonyl (C=O) groups excluding carboxylic acids is 3. The Kier molecular flexibility index (Phi) is 8.32. The van der Waals surface area contributed by atoms with Crippen LogP contribution in [0.2, 0.25) is 0 Å². The summed E-state index contributed by atoms with van der Waals surface area (Å²) in [5.74, 6) is 0.410. The van der Waals surface area contributed by atoms with Crippen molar-refractivity contribution < 1.29 is 19.1 Å². The van der Waals surface area contributed by atoms with E-state index in [0.717, 1.165) is 36.8 Å². The van der Waals surface area contributed by atoms with Crippen molar-refractivity contribution >= 4 is 33.9 Å². The van der Waals surface area contributed by atoms with Gasteiger partial charge in [0.05, 0.1) is 12.2 Å². The highest BCUT2D eigenvalue weighted by molar-refractivity contribution is 7.17. The summed E-state index contributed by atoms with van der Waals surface area (Å²) < 4.78 is 5.69. The number of hydrogen-bond acceptors (Lipinski definition) is 5. The molecule has 6 nitrogen and oxygen atoms in total. The van der Waals surface area contributed by atoms with Gasteiger partial charge >= 0.3 is 0 Å². The number of fused-ring (bicyclic) bond motifs is 1. The normalized spacial score (nSPS) is 12.5. The van der Waals surface area contributed by atoms with Crippen LogP contribution in [0.15, 0.2) is 54.6 Å². The van der Waals surface area contributed by atoms with Crippen molar-refractivity contribution in [2.45, 2.75) is 52.0 Å². The minimum absolute atomic E-state index is 0.0107. The Bertz CT molecular complexity index is 1190. The second-order valence-electron chi connectivity index (χ2n) is 8.66. The van der Waals surface area contributed by atoms with Crippen molar-refractivity contribution in [3.63, 3.8) is 0 Å². The van der Waals surface area contributed by atoms with E-state index < -0.39 is 0 Å². The van der Waals surface area contributed by atoms with Crippen LogP contribution in [0.25, 0.3) is 0 Å². The molecular weight excluding hydrogens is 460 g/mol. The number of benzene rings is 2. The number of Topliss-reactive ketones (excluding diaryl/α,β-unsaturated/α-hetero) is 1. The summed E-state index contributed by atoms with van der Waals surface area (Å²) in [5, 5.41) is 6.66. The van der Waals surface area contributed by atoms with Gasteiger partial charge in [-0.3, -0.25) is 14.4 Å². The minimum Gasteiger partial charge on any atom is -0.494 e. The molecule has 0 bridgehead atoms. The van der Waals surface area contributed by atoms with Crippen LogP contribution in [0.4, 0.5) is 5.00 Å². The maximum atomic E-state index is 13.1. The number of nitrogens with one attached hydrogen (secondary N) is 2. The molecule has 0 spiro atoms. The summed E-state index contributed by atoms with van der Waals surface area (Å²) in [6, 6.07) is 16.8. The lowest BCUT2D eigenvalue weighted by Crippen LogP contribution is -2.25. The predicted molar refractivity (Wildman–Crippen MR) is 138 cm³/mol. The minimum atomic E-state index is -0.138. The van der Waals surface area contributed by atoms with E-state index in [1.54, 1.807) is 24.3 Å². The van der Waals surface area contributed by atoms with Gasteiger partial charge in [0.25, 0.3) is 5.91 Å². The predicted octanol–water partition coefficient (Wildman–Crippen LogP) is 5.56. The van der Waals surface area contributed by atoms with Crippen LogP contribution in [-0.4, -0.2) is 24.2 Å². The lowest BCUT2D eigenvalue weighted by Gasteiger charge is -2.13. The molecule has 2 N–H and O–H groups in total. The van der Waals surface area contributed by atoms with Crippen LogP contribution >= 0.6 is 11.3 Å². The van der Waals surface area contributed by atoms with Crippen molar-refractivity contribution in [1.29, 1.82) is 0 Å². The van der Waals surface area contributed by atoms with Crippen molar-refractivity contribution in [3.05, 3.63) is 81.7 Å². The fourth-order valence-electron chi connectivity index (χ4n) is 4.16. The highest BCUT2D eigenvalue weighted by Gasteiger charge is 2.26. The first-order valence-corrected chi connectivity index (χ1v) is 12.8. The first kappa shape index (κ1) is 24.7. The number of rotatable bonds is 10. The van der Waals surface area contributed by atoms with Crippen molar-refractivity contribution in [1.82, 2.24) is 5.32 Å². The van der Waals surface area contributed by atoms with Crippen molar-refractivity contribution in [3.8, 4) is 5.75 Å². The molecule has 35 heavy (non-hydrogen) atoms. The Morgan fingerprint density at radius 1 is 0.971 bits per heavy atom. The van der Waals surface area contributed by atoms with Crippen molar-refractivity contribution in [2.75, 3.05) is 11.9 Å². The van der Waals surface area contributed by atoms with E-state index in [4.69, 9.17) is 4.74 Å². The molecule has 1 aliphatic carbocycles. The number of hydrogen-bond donors (Lipinski definition) is 2. The molecule has 0 saturated carbocycles. The topological polar surface area (TPSA) is 84.5 Å². The first-order valence-electron chi connectivity index (χ1n) is 12.0. The quantitative estimate of drug-likeness (QED) is 0.288. The van der Waals surface area contributed by atoms with E-state index in [0.29, 0.717) is 47.9 Å². The lowest BCUT2D eigenvalue weighted by molar-refractivity contribution is -0.116. The number of carbonyl (C=O) groups is 3. The molecule has 2 amide bonds. The Balaban J connectivity index is 1.33. The summed E-state index contributed by atoms with van der Waals surface area (Å²) in [5.41, 5.74) is 3.38. The molecule has 0 aliphatic heterocycles. The third-order valence-corrected chi connectivity index (χ3v) is 7.23. The summed E-state index contributed by atoms with van der Waals surface area (Å²) in [4.78, 5) is 38.4. The number of amides is 2. The van der Waals surface area contributed by atoms with E-state index in [-0.39, 0.29) is 17.6 Å². The number of ether oxygens (including phenoxy) is 1. The summed E-state index contributed by atoms with van der Waals surface area (Å²) >= 11 is 1.53. The van der Waals surface area contributed by atoms with Crippen LogP contribution in [0.5, 0.6) is 5.75 Å². The van der Waals surface area contributed by atoms with E-state index in [9.17, 15) is 14.4 Å². The van der Waals surface area contributed by atoms with Crippen LogP contribution < -0.4 is 15.4 Å². The number of aryl methyl sites for hydroxylation is 1. The van der Waals surface area contributed by atoms with Gasteiger partial charge in [0.1, 0.15) is 10.8 Å². The smallest absolute Gasteiger partial charge is 0.254 e. The van der Waals surface area contributed by atoms with E-state index in [2.05, 4.69) is 10.6 Å². The van der Waals surface area contributed by atoms with Gasteiger partial charge in [-0.1, -0.05) is 30.3 Å². The first-order chi connectivity index (χ1) is 17.0. The third-order valence-electron chi connectivity index (χ3n) is 6.02. The monoisotopic (exact) mass is 490 g/mol. The standard InChI is InChI=1S/C28H30N2O4S/c1-19(31)21-13-15-22(16-14-21)34-17-7-12-25(32)30-28-26(23-10-5-6-11-24(23)35-28)27(33)29-18-20-8-3-2-4-9-20/h2-4,8-9,13-16H,5-7,10-12,17-18H2,1H3,(H,29,33)(H,30,32). The molecule has 0 unspecified atom stereocenters. The fourth-order valence-corrected chi connectivity index (χ4v) is 5.46. The molecule has 7 heteroatoms. The Morgan fingerprint density at radius 3 is 2.46 bits per heavy atom. The van der Waals surface area contributed by atoms with E-state index in [1.807, 2.05) is 30.3 Å². The lowest BCUT2D eigenvalue weighted by atomic mass is 9.95.